The molecule has 1 aromatic heterocycles. The first kappa shape index (κ1) is 17.4. The van der Waals surface area contributed by atoms with E-state index in [0.29, 0.717) is 0 Å². The maximum atomic E-state index is 13.4. The minimum absolute atomic E-state index is 0.0831. The second-order valence-corrected chi connectivity index (χ2v) is 4.88. The van der Waals surface area contributed by atoms with Gasteiger partial charge in [-0.15, -0.1) is 0 Å². The summed E-state index contributed by atoms with van der Waals surface area (Å²) in [6.45, 7) is 1.68. The molecular formula is C13H13Cl2FN2O3. The molecule has 5 nitrogen and oxygen atoms in total. The highest BCUT2D eigenvalue weighted by Gasteiger charge is 2.27. The lowest BCUT2D eigenvalue weighted by Gasteiger charge is -2.12. The molecule has 1 aromatic rings. The third-order valence-corrected chi connectivity index (χ3v) is 2.94. The number of Topliss-reactive ketones (excluding diaryl/α,β-unsaturated/α-hetero) is 1. The molecule has 0 radical (unpaired) electrons. The van der Waals surface area contributed by atoms with Crippen LogP contribution in [0.15, 0.2) is 18.0 Å². The van der Waals surface area contributed by atoms with Crippen LogP contribution in [0.2, 0.25) is 10.2 Å². The van der Waals surface area contributed by atoms with Gasteiger partial charge in [-0.05, 0) is 6.92 Å². The Balaban J connectivity index is 3.37. The summed E-state index contributed by atoms with van der Waals surface area (Å²) in [5, 5.41) is -0.783. The van der Waals surface area contributed by atoms with E-state index in [1.165, 1.54) is 11.1 Å². The van der Waals surface area contributed by atoms with E-state index in [0.717, 1.165) is 6.20 Å². The van der Waals surface area contributed by atoms with Crippen molar-refractivity contribution in [1.29, 1.82) is 0 Å². The van der Waals surface area contributed by atoms with Crippen molar-refractivity contribution >= 4 is 35.0 Å². The maximum absolute atomic E-state index is 13.4. The Bertz CT molecular complexity index is 603. The second kappa shape index (κ2) is 7.38. The van der Waals surface area contributed by atoms with Crippen molar-refractivity contribution in [3.63, 3.8) is 0 Å². The smallest absolute Gasteiger partial charge is 0.343 e. The first-order valence-corrected chi connectivity index (χ1v) is 6.64. The Labute approximate surface area is 131 Å². The summed E-state index contributed by atoms with van der Waals surface area (Å²) in [4.78, 5) is 29.3. The molecule has 0 aliphatic heterocycles. The van der Waals surface area contributed by atoms with Crippen LogP contribution in [0.4, 0.5) is 4.39 Å². The predicted octanol–water partition coefficient (Wildman–Crippen LogP) is 2.72. The van der Waals surface area contributed by atoms with Crippen molar-refractivity contribution in [2.45, 2.75) is 6.92 Å². The van der Waals surface area contributed by atoms with E-state index in [2.05, 4.69) is 4.98 Å². The molecule has 0 saturated carbocycles. The number of ether oxygens (including phenoxy) is 1. The molecule has 0 N–H and O–H groups in total. The van der Waals surface area contributed by atoms with Crippen molar-refractivity contribution in [2.24, 2.45) is 0 Å². The Morgan fingerprint density at radius 3 is 2.57 bits per heavy atom. The molecule has 0 bridgehead atoms. The minimum atomic E-state index is -0.905. The third kappa shape index (κ3) is 4.15. The Morgan fingerprint density at radius 1 is 1.43 bits per heavy atom. The normalized spacial score (nSPS) is 11.2. The number of carbonyl (C=O) groups excluding carboxylic acids is 2. The van der Waals surface area contributed by atoms with E-state index in [9.17, 15) is 14.0 Å². The van der Waals surface area contributed by atoms with E-state index in [1.807, 2.05) is 0 Å². The number of ketones is 1. The molecule has 0 amide bonds. The lowest BCUT2D eigenvalue weighted by Crippen LogP contribution is -2.20. The fraction of sp³-hybridized carbons (Fsp3) is 0.308. The topological polar surface area (TPSA) is 59.5 Å². The van der Waals surface area contributed by atoms with Crippen molar-refractivity contribution < 1.29 is 18.7 Å². The Morgan fingerprint density at radius 2 is 2.05 bits per heavy atom. The SMILES string of the molecule is CCOC(=O)C(=CN(C)C)C(=O)c1c(Cl)ncc(F)c1Cl. The van der Waals surface area contributed by atoms with Crippen LogP contribution in [0.1, 0.15) is 17.3 Å². The van der Waals surface area contributed by atoms with E-state index in [-0.39, 0.29) is 22.9 Å². The van der Waals surface area contributed by atoms with Gasteiger partial charge in [0.1, 0.15) is 10.7 Å². The molecule has 1 rings (SSSR count). The average molecular weight is 335 g/mol. The number of aromatic nitrogens is 1. The second-order valence-electron chi connectivity index (χ2n) is 4.14. The largest absolute Gasteiger partial charge is 0.462 e. The van der Waals surface area contributed by atoms with Gasteiger partial charge in [0.05, 0.1) is 23.4 Å². The summed E-state index contributed by atoms with van der Waals surface area (Å²) in [7, 11) is 3.22. The van der Waals surface area contributed by atoms with Gasteiger partial charge in [0.15, 0.2) is 5.82 Å². The fourth-order valence-corrected chi connectivity index (χ4v) is 1.95. The number of halogens is 3. The fourth-order valence-electron chi connectivity index (χ4n) is 1.44. The molecule has 0 spiro atoms. The van der Waals surface area contributed by atoms with Crippen molar-refractivity contribution in [2.75, 3.05) is 20.7 Å². The molecular weight excluding hydrogens is 322 g/mol. The van der Waals surface area contributed by atoms with Crippen LogP contribution in [0.3, 0.4) is 0 Å². The first-order chi connectivity index (χ1) is 9.79. The van der Waals surface area contributed by atoms with Gasteiger partial charge in [-0.25, -0.2) is 14.2 Å². The lowest BCUT2D eigenvalue weighted by atomic mass is 10.1. The van der Waals surface area contributed by atoms with Crippen LogP contribution in [0, 0.1) is 5.82 Å². The van der Waals surface area contributed by atoms with E-state index in [4.69, 9.17) is 27.9 Å². The number of pyridine rings is 1. The molecule has 0 aliphatic carbocycles. The lowest BCUT2D eigenvalue weighted by molar-refractivity contribution is -0.138. The minimum Gasteiger partial charge on any atom is -0.462 e. The van der Waals surface area contributed by atoms with Gasteiger partial charge >= 0.3 is 5.97 Å². The van der Waals surface area contributed by atoms with Crippen LogP contribution in [-0.4, -0.2) is 42.3 Å². The quantitative estimate of drug-likeness (QED) is 0.207. The molecule has 0 saturated heterocycles. The number of rotatable bonds is 5. The highest BCUT2D eigenvalue weighted by atomic mass is 35.5. The Hall–Kier alpha value is -1.66. The molecule has 0 atom stereocenters. The van der Waals surface area contributed by atoms with Crippen LogP contribution in [0.25, 0.3) is 0 Å². The standard InChI is InChI=1S/C13H13Cl2FN2O3/c1-4-21-13(20)7(6-18(2)3)11(19)9-10(14)8(16)5-17-12(9)15/h5-6H,4H2,1-3H3. The predicted molar refractivity (Wildman–Crippen MR) is 76.9 cm³/mol. The zero-order valence-electron chi connectivity index (χ0n) is 11.6. The zero-order chi connectivity index (χ0) is 16.2. The van der Waals surface area contributed by atoms with E-state index < -0.39 is 22.6 Å². The third-order valence-electron chi connectivity index (χ3n) is 2.28. The number of hydrogen-bond acceptors (Lipinski definition) is 5. The highest BCUT2D eigenvalue weighted by Crippen LogP contribution is 2.28. The number of hydrogen-bond donors (Lipinski definition) is 0. The van der Waals surface area contributed by atoms with Crippen LogP contribution >= 0.6 is 23.2 Å². The monoisotopic (exact) mass is 334 g/mol. The molecule has 114 valence electrons. The summed E-state index contributed by atoms with van der Waals surface area (Å²) in [5.41, 5.74) is -0.697. The molecule has 1 heterocycles. The Kier molecular flexibility index (Phi) is 6.11. The summed E-state index contributed by atoms with van der Waals surface area (Å²) < 4.78 is 18.2. The van der Waals surface area contributed by atoms with Crippen LogP contribution < -0.4 is 0 Å². The van der Waals surface area contributed by atoms with Gasteiger partial charge in [-0.3, -0.25) is 4.79 Å². The zero-order valence-corrected chi connectivity index (χ0v) is 13.1. The van der Waals surface area contributed by atoms with Gasteiger partial charge in [0.25, 0.3) is 0 Å². The number of nitrogens with zero attached hydrogens (tertiary/aromatic N) is 2. The van der Waals surface area contributed by atoms with Gasteiger partial charge in [-0.2, -0.15) is 0 Å². The molecule has 0 fully saturated rings. The maximum Gasteiger partial charge on any atom is 0.343 e. The summed E-state index contributed by atoms with van der Waals surface area (Å²) in [6, 6.07) is 0. The van der Waals surface area contributed by atoms with Crippen molar-refractivity contribution in [1.82, 2.24) is 9.88 Å². The van der Waals surface area contributed by atoms with Gasteiger partial charge in [-0.1, -0.05) is 23.2 Å². The summed E-state index contributed by atoms with van der Waals surface area (Å²) in [5.74, 6) is -2.62. The van der Waals surface area contributed by atoms with Crippen LogP contribution in [-0.2, 0) is 9.53 Å². The van der Waals surface area contributed by atoms with Crippen molar-refractivity contribution in [3.8, 4) is 0 Å². The molecule has 0 aromatic carbocycles. The highest BCUT2D eigenvalue weighted by molar-refractivity contribution is 6.42. The molecule has 0 unspecified atom stereocenters. The van der Waals surface area contributed by atoms with Gasteiger partial charge in [0, 0.05) is 20.3 Å². The van der Waals surface area contributed by atoms with Crippen LogP contribution in [0.5, 0.6) is 0 Å². The first-order valence-electron chi connectivity index (χ1n) is 5.89. The van der Waals surface area contributed by atoms with Gasteiger partial charge in [0.2, 0.25) is 5.78 Å². The van der Waals surface area contributed by atoms with Gasteiger partial charge < -0.3 is 9.64 Å². The summed E-state index contributed by atoms with van der Waals surface area (Å²) >= 11 is 11.5. The molecule has 0 aliphatic rings. The average Bonchev–Trinajstić information content (AvgIpc) is 2.40. The number of esters is 1. The molecule has 8 heteroatoms. The molecule has 21 heavy (non-hydrogen) atoms. The van der Waals surface area contributed by atoms with E-state index in [1.54, 1.807) is 21.0 Å². The number of carbonyl (C=O) groups is 2. The van der Waals surface area contributed by atoms with E-state index >= 15 is 0 Å². The van der Waals surface area contributed by atoms with Crippen molar-refractivity contribution in [3.05, 3.63) is 39.5 Å². The summed E-state index contributed by atoms with van der Waals surface area (Å²) in [6.07, 6.45) is 2.04.